The van der Waals surface area contributed by atoms with E-state index in [1.165, 1.54) is 17.0 Å². The predicted molar refractivity (Wildman–Crippen MR) is 199 cm³/mol. The number of imide groups is 1. The Hall–Kier alpha value is -5.43. The number of nitrogens with one attached hydrogen (secondary N) is 1. The Bertz CT molecular complexity index is 2010. The summed E-state index contributed by atoms with van der Waals surface area (Å²) in [5.41, 5.74) is 1.55. The number of rotatable bonds is 12. The van der Waals surface area contributed by atoms with Gasteiger partial charge in [0.05, 0.1) is 29.4 Å². The standard InChI is InChI=1S/C41H43F5N6O5/c42-40(43)57-35-23-31(21-29-25-52(39(55)37(29)35)34-9-10-36(53)48-38(34)54)51-18-16-49(17-19-51)13-1-2-20-56-32-7-4-26(5-8-32)27-11-14-50(15-12-27)30-6-3-28(24-47)33(22-30)41(44,45)46/h3-8,21-23,27,34,40H,1-2,9-20,25H2,(H,48,53,54). The van der Waals surface area contributed by atoms with Crippen molar-refractivity contribution in [1.29, 1.82) is 5.26 Å². The molecule has 4 aliphatic rings. The second-order valence-electron chi connectivity index (χ2n) is 14.8. The molecule has 4 heterocycles. The van der Waals surface area contributed by atoms with Crippen molar-refractivity contribution in [2.75, 3.05) is 62.2 Å². The van der Waals surface area contributed by atoms with Crippen molar-refractivity contribution in [1.82, 2.24) is 15.1 Å². The van der Waals surface area contributed by atoms with Gasteiger partial charge in [0, 0.05) is 69.7 Å². The van der Waals surface area contributed by atoms with Crippen molar-refractivity contribution < 1.29 is 45.8 Å². The maximum atomic E-state index is 13.5. The summed E-state index contributed by atoms with van der Waals surface area (Å²) in [6.45, 7) is 2.38. The summed E-state index contributed by atoms with van der Waals surface area (Å²) in [6, 6.07) is 15.9. The number of anilines is 2. The molecule has 0 saturated carbocycles. The maximum Gasteiger partial charge on any atom is 0.417 e. The second kappa shape index (κ2) is 17.0. The molecule has 11 nitrogen and oxygen atoms in total. The third-order valence-electron chi connectivity index (χ3n) is 11.3. The topological polar surface area (TPSA) is 118 Å². The molecule has 57 heavy (non-hydrogen) atoms. The maximum absolute atomic E-state index is 13.5. The SMILES string of the molecule is N#Cc1ccc(N2CCC(c3ccc(OCCCCN4CCN(c5cc6c(c(OC(F)F)c5)C(=O)N(C5CCC(=O)NC5=O)C6)CC4)cc3)CC2)cc1C(F)(F)F. The first kappa shape index (κ1) is 39.8. The van der Waals surface area contributed by atoms with Crippen LogP contribution in [0.4, 0.5) is 33.3 Å². The van der Waals surface area contributed by atoms with E-state index >= 15 is 0 Å². The molecule has 1 N–H and O–H groups in total. The smallest absolute Gasteiger partial charge is 0.417 e. The largest absolute Gasteiger partial charge is 0.494 e. The molecular formula is C41H43F5N6O5. The number of hydrogen-bond acceptors (Lipinski definition) is 9. The van der Waals surface area contributed by atoms with Crippen LogP contribution in [0, 0.1) is 11.3 Å². The highest BCUT2D eigenvalue weighted by molar-refractivity contribution is 6.06. The first-order chi connectivity index (χ1) is 27.4. The number of ether oxygens (including phenoxy) is 2. The van der Waals surface area contributed by atoms with E-state index in [0.29, 0.717) is 49.7 Å². The summed E-state index contributed by atoms with van der Waals surface area (Å²) < 4.78 is 78.1. The average Bonchev–Trinajstić information content (AvgIpc) is 3.53. The zero-order valence-electron chi connectivity index (χ0n) is 31.2. The first-order valence-electron chi connectivity index (χ1n) is 19.2. The second-order valence-corrected chi connectivity index (χ2v) is 14.8. The number of nitrogens with zero attached hydrogens (tertiary/aromatic N) is 5. The van der Waals surface area contributed by atoms with Crippen LogP contribution in [0.25, 0.3) is 0 Å². The van der Waals surface area contributed by atoms with E-state index in [-0.39, 0.29) is 42.2 Å². The Morgan fingerprint density at radius 3 is 2.25 bits per heavy atom. The number of halogens is 5. The van der Waals surface area contributed by atoms with E-state index in [4.69, 9.17) is 14.7 Å². The molecule has 0 bridgehead atoms. The summed E-state index contributed by atoms with van der Waals surface area (Å²) in [7, 11) is 0. The Kier molecular flexibility index (Phi) is 11.8. The summed E-state index contributed by atoms with van der Waals surface area (Å²) in [5.74, 6) is -0.718. The number of nitriles is 1. The van der Waals surface area contributed by atoms with E-state index in [2.05, 4.69) is 27.2 Å². The van der Waals surface area contributed by atoms with Crippen molar-refractivity contribution in [2.45, 2.75) is 69.8 Å². The van der Waals surface area contributed by atoms with Crippen molar-refractivity contribution in [3.63, 3.8) is 0 Å². The molecule has 4 aliphatic heterocycles. The number of piperidine rings is 2. The third kappa shape index (κ3) is 9.09. The van der Waals surface area contributed by atoms with Gasteiger partial charge in [-0.1, -0.05) is 12.1 Å². The molecule has 3 saturated heterocycles. The summed E-state index contributed by atoms with van der Waals surface area (Å²) in [4.78, 5) is 45.1. The number of fused-ring (bicyclic) bond motifs is 1. The van der Waals surface area contributed by atoms with Crippen LogP contribution in [0.2, 0.25) is 0 Å². The molecule has 0 radical (unpaired) electrons. The average molecular weight is 795 g/mol. The fourth-order valence-corrected chi connectivity index (χ4v) is 8.25. The molecule has 3 amide bonds. The lowest BCUT2D eigenvalue weighted by molar-refractivity contribution is -0.138. The number of carbonyl (C=O) groups is 3. The molecule has 302 valence electrons. The molecule has 1 unspecified atom stereocenters. The number of alkyl halides is 5. The van der Waals surface area contributed by atoms with Gasteiger partial charge in [0.15, 0.2) is 0 Å². The number of benzene rings is 3. The van der Waals surface area contributed by atoms with Gasteiger partial charge in [-0.25, -0.2) is 0 Å². The Balaban J connectivity index is 0.837. The van der Waals surface area contributed by atoms with Crippen LogP contribution < -0.4 is 24.6 Å². The Morgan fingerprint density at radius 1 is 0.860 bits per heavy atom. The van der Waals surface area contributed by atoms with Crippen molar-refractivity contribution in [3.8, 4) is 17.6 Å². The van der Waals surface area contributed by atoms with E-state index in [9.17, 15) is 36.3 Å². The number of hydrogen-bond donors (Lipinski definition) is 1. The van der Waals surface area contributed by atoms with Crippen LogP contribution in [0.1, 0.15) is 77.1 Å². The first-order valence-corrected chi connectivity index (χ1v) is 19.2. The minimum atomic E-state index is -4.59. The lowest BCUT2D eigenvalue weighted by atomic mass is 9.89. The molecule has 0 spiro atoms. The summed E-state index contributed by atoms with van der Waals surface area (Å²) >= 11 is 0. The monoisotopic (exact) mass is 794 g/mol. The number of carbonyl (C=O) groups excluding carboxylic acids is 3. The highest BCUT2D eigenvalue weighted by Gasteiger charge is 2.41. The van der Waals surface area contributed by atoms with E-state index in [1.54, 1.807) is 18.2 Å². The number of amides is 3. The van der Waals surface area contributed by atoms with Crippen molar-refractivity contribution in [2.24, 2.45) is 0 Å². The van der Waals surface area contributed by atoms with E-state index in [0.717, 1.165) is 62.7 Å². The van der Waals surface area contributed by atoms with Gasteiger partial charge in [0.2, 0.25) is 11.8 Å². The predicted octanol–water partition coefficient (Wildman–Crippen LogP) is 6.30. The fourth-order valence-electron chi connectivity index (χ4n) is 8.25. The zero-order chi connectivity index (χ0) is 40.3. The lowest BCUT2D eigenvalue weighted by Gasteiger charge is -2.36. The van der Waals surface area contributed by atoms with Crippen LogP contribution in [-0.2, 0) is 22.3 Å². The molecule has 0 aliphatic carbocycles. The molecule has 3 aromatic rings. The van der Waals surface area contributed by atoms with Crippen LogP contribution >= 0.6 is 0 Å². The third-order valence-corrected chi connectivity index (χ3v) is 11.3. The molecule has 1 atom stereocenters. The van der Waals surface area contributed by atoms with Gasteiger partial charge in [0.1, 0.15) is 17.5 Å². The minimum Gasteiger partial charge on any atom is -0.494 e. The normalized spacial score (nSPS) is 19.5. The highest BCUT2D eigenvalue weighted by atomic mass is 19.4. The highest BCUT2D eigenvalue weighted by Crippen LogP contribution is 2.39. The van der Waals surface area contributed by atoms with Gasteiger partial charge in [-0.2, -0.15) is 27.2 Å². The van der Waals surface area contributed by atoms with E-state index < -0.39 is 42.1 Å². The van der Waals surface area contributed by atoms with Crippen LogP contribution in [-0.4, -0.2) is 92.6 Å². The van der Waals surface area contributed by atoms with Gasteiger partial charge in [-0.15, -0.1) is 0 Å². The lowest BCUT2D eigenvalue weighted by Crippen LogP contribution is -2.52. The van der Waals surface area contributed by atoms with Gasteiger partial charge in [-0.3, -0.25) is 24.6 Å². The molecule has 3 aromatic carbocycles. The summed E-state index contributed by atoms with van der Waals surface area (Å²) in [5, 5.41) is 11.3. The van der Waals surface area contributed by atoms with Crippen LogP contribution in [0.5, 0.6) is 11.5 Å². The van der Waals surface area contributed by atoms with Crippen LogP contribution in [0.15, 0.2) is 54.6 Å². The molecule has 0 aromatic heterocycles. The fraction of sp³-hybridized carbons (Fsp3) is 0.463. The van der Waals surface area contributed by atoms with Gasteiger partial charge < -0.3 is 24.2 Å². The molecule has 7 rings (SSSR count). The van der Waals surface area contributed by atoms with Gasteiger partial charge in [-0.05, 0) is 92.1 Å². The minimum absolute atomic E-state index is 0.0224. The van der Waals surface area contributed by atoms with Gasteiger partial charge >= 0.3 is 12.8 Å². The van der Waals surface area contributed by atoms with E-state index in [1.807, 2.05) is 17.0 Å². The Labute approximate surface area is 326 Å². The van der Waals surface area contributed by atoms with Crippen LogP contribution in [0.3, 0.4) is 0 Å². The van der Waals surface area contributed by atoms with Crippen molar-refractivity contribution >= 4 is 29.1 Å². The zero-order valence-corrected chi connectivity index (χ0v) is 31.2. The molecule has 16 heteroatoms. The molecule has 3 fully saturated rings. The summed E-state index contributed by atoms with van der Waals surface area (Å²) in [6.07, 6.45) is -0.972. The number of unbranched alkanes of at least 4 members (excludes halogenated alkanes) is 1. The number of piperazine rings is 1. The van der Waals surface area contributed by atoms with Gasteiger partial charge in [0.25, 0.3) is 5.91 Å². The quantitative estimate of drug-likeness (QED) is 0.128. The molecular weight excluding hydrogens is 751 g/mol. The van der Waals surface area contributed by atoms with Crippen molar-refractivity contribution in [3.05, 3.63) is 82.4 Å². The Morgan fingerprint density at radius 2 is 1.58 bits per heavy atom.